The Morgan fingerprint density at radius 2 is 2.30 bits per heavy atom. The summed E-state index contributed by atoms with van der Waals surface area (Å²) in [6, 6.07) is 1.87. The summed E-state index contributed by atoms with van der Waals surface area (Å²) in [6.07, 6.45) is 4.99. The number of hydrogen-bond acceptors (Lipinski definition) is 5. The fraction of sp³-hybridized carbons (Fsp3) is 0.500. The third-order valence-corrected chi connectivity index (χ3v) is 3.03. The number of hydrogen-bond donors (Lipinski definition) is 1. The Morgan fingerprint density at radius 3 is 2.90 bits per heavy atom. The van der Waals surface area contributed by atoms with E-state index in [2.05, 4.69) is 15.5 Å². The van der Waals surface area contributed by atoms with Crippen molar-refractivity contribution in [1.29, 1.82) is 0 Å². The van der Waals surface area contributed by atoms with E-state index < -0.39 is 0 Å². The summed E-state index contributed by atoms with van der Waals surface area (Å²) in [5.41, 5.74) is 0.584. The van der Waals surface area contributed by atoms with Gasteiger partial charge in [-0.1, -0.05) is 6.92 Å². The number of nitrogens with one attached hydrogen (secondary N) is 1. The number of nitrogens with zero attached hydrogens (tertiary/aromatic N) is 5. The van der Waals surface area contributed by atoms with Crippen LogP contribution in [0.3, 0.4) is 0 Å². The highest BCUT2D eigenvalue weighted by Gasteiger charge is 2.24. The van der Waals surface area contributed by atoms with Gasteiger partial charge in [-0.05, 0) is 18.9 Å². The van der Waals surface area contributed by atoms with Gasteiger partial charge in [-0.15, -0.1) is 0 Å². The van der Waals surface area contributed by atoms with Crippen LogP contribution in [-0.2, 0) is 20.0 Å². The van der Waals surface area contributed by atoms with Crippen LogP contribution in [0.1, 0.15) is 19.0 Å². The van der Waals surface area contributed by atoms with Crippen molar-refractivity contribution in [3.8, 4) is 0 Å². The molecule has 1 N–H and O–H groups in total. The van der Waals surface area contributed by atoms with Crippen LogP contribution in [0.15, 0.2) is 18.5 Å². The lowest BCUT2D eigenvalue weighted by atomic mass is 10.3. The molecule has 0 amide bonds. The standard InChI is InChI=1S/C12H18N6O2/c1-3-10-11(18(19)20)12(16(2)15-10)13-6-4-8-17-9-5-7-14-17/h5,7,9,13H,3-4,6,8H2,1-2H3. The molecule has 108 valence electrons. The van der Waals surface area contributed by atoms with Gasteiger partial charge in [0.2, 0.25) is 5.82 Å². The molecular formula is C12H18N6O2. The molecule has 8 heteroatoms. The number of anilines is 1. The molecule has 2 aromatic heterocycles. The van der Waals surface area contributed by atoms with E-state index >= 15 is 0 Å². The quantitative estimate of drug-likeness (QED) is 0.472. The normalized spacial score (nSPS) is 10.7. The first kappa shape index (κ1) is 14.0. The summed E-state index contributed by atoms with van der Waals surface area (Å²) < 4.78 is 3.36. The number of rotatable bonds is 7. The summed E-state index contributed by atoms with van der Waals surface area (Å²) in [5.74, 6) is 0.465. The number of aromatic nitrogens is 4. The first-order valence-corrected chi connectivity index (χ1v) is 6.55. The predicted octanol–water partition coefficient (Wildman–Crippen LogP) is 1.59. The zero-order valence-electron chi connectivity index (χ0n) is 11.6. The van der Waals surface area contributed by atoms with Gasteiger partial charge in [-0.3, -0.25) is 14.8 Å². The topological polar surface area (TPSA) is 90.8 Å². The monoisotopic (exact) mass is 278 g/mol. The third-order valence-electron chi connectivity index (χ3n) is 3.03. The largest absolute Gasteiger partial charge is 0.364 e. The van der Waals surface area contributed by atoms with E-state index in [4.69, 9.17) is 0 Å². The van der Waals surface area contributed by atoms with Crippen molar-refractivity contribution >= 4 is 11.5 Å². The minimum atomic E-state index is -0.373. The maximum absolute atomic E-state index is 11.1. The Morgan fingerprint density at radius 1 is 1.50 bits per heavy atom. The first-order valence-electron chi connectivity index (χ1n) is 6.55. The van der Waals surface area contributed by atoms with Crippen molar-refractivity contribution in [3.63, 3.8) is 0 Å². The van der Waals surface area contributed by atoms with E-state index in [9.17, 15) is 10.1 Å². The maximum atomic E-state index is 11.1. The van der Waals surface area contributed by atoms with Crippen LogP contribution in [0.4, 0.5) is 11.5 Å². The van der Waals surface area contributed by atoms with Crippen LogP contribution in [0.5, 0.6) is 0 Å². The van der Waals surface area contributed by atoms with Crippen LogP contribution in [0.2, 0.25) is 0 Å². The van der Waals surface area contributed by atoms with Gasteiger partial charge in [-0.25, -0.2) is 4.68 Å². The SMILES string of the molecule is CCc1nn(C)c(NCCCn2cccn2)c1[N+](=O)[O-]. The van der Waals surface area contributed by atoms with E-state index in [1.165, 1.54) is 4.68 Å². The van der Waals surface area contributed by atoms with Gasteiger partial charge in [-0.2, -0.15) is 10.2 Å². The Hall–Kier alpha value is -2.38. The average molecular weight is 278 g/mol. The molecule has 0 radical (unpaired) electrons. The van der Waals surface area contributed by atoms with Crippen molar-refractivity contribution in [1.82, 2.24) is 19.6 Å². The second-order valence-electron chi connectivity index (χ2n) is 4.43. The van der Waals surface area contributed by atoms with Crippen molar-refractivity contribution in [2.45, 2.75) is 26.3 Å². The summed E-state index contributed by atoms with van der Waals surface area (Å²) in [5, 5.41) is 22.5. The zero-order valence-corrected chi connectivity index (χ0v) is 11.6. The van der Waals surface area contributed by atoms with E-state index in [1.807, 2.05) is 23.9 Å². The summed E-state index contributed by atoms with van der Waals surface area (Å²) in [4.78, 5) is 10.8. The Labute approximate surface area is 116 Å². The molecule has 0 bridgehead atoms. The smallest absolute Gasteiger partial charge is 0.333 e. The molecule has 8 nitrogen and oxygen atoms in total. The van der Waals surface area contributed by atoms with Gasteiger partial charge in [0.25, 0.3) is 0 Å². The molecule has 0 fully saturated rings. The molecule has 0 saturated carbocycles. The molecule has 0 atom stereocenters. The molecular weight excluding hydrogens is 260 g/mol. The molecule has 0 spiro atoms. The van der Waals surface area contributed by atoms with Gasteiger partial charge in [0.05, 0.1) is 4.92 Å². The molecule has 0 aliphatic carbocycles. The highest BCUT2D eigenvalue weighted by Crippen LogP contribution is 2.28. The summed E-state index contributed by atoms with van der Waals surface area (Å²) >= 11 is 0. The van der Waals surface area contributed by atoms with Crippen LogP contribution in [0, 0.1) is 10.1 Å². The van der Waals surface area contributed by atoms with Gasteiger partial charge >= 0.3 is 5.69 Å². The molecule has 0 aliphatic rings. The fourth-order valence-corrected chi connectivity index (χ4v) is 2.08. The van der Waals surface area contributed by atoms with Crippen LogP contribution < -0.4 is 5.32 Å². The van der Waals surface area contributed by atoms with Crippen molar-refractivity contribution in [2.75, 3.05) is 11.9 Å². The van der Waals surface area contributed by atoms with E-state index in [0.717, 1.165) is 13.0 Å². The van der Waals surface area contributed by atoms with Crippen LogP contribution >= 0.6 is 0 Å². The second kappa shape index (κ2) is 6.18. The zero-order chi connectivity index (χ0) is 14.5. The Kier molecular flexibility index (Phi) is 4.34. The van der Waals surface area contributed by atoms with Crippen molar-refractivity contribution in [2.24, 2.45) is 7.05 Å². The lowest BCUT2D eigenvalue weighted by molar-refractivity contribution is -0.384. The molecule has 2 heterocycles. The number of nitro groups is 1. The molecule has 20 heavy (non-hydrogen) atoms. The molecule has 2 aromatic rings. The van der Waals surface area contributed by atoms with Gasteiger partial charge in [0.1, 0.15) is 5.69 Å². The van der Waals surface area contributed by atoms with E-state index in [-0.39, 0.29) is 10.6 Å². The molecule has 2 rings (SSSR count). The van der Waals surface area contributed by atoms with Crippen molar-refractivity contribution < 1.29 is 4.92 Å². The summed E-state index contributed by atoms with van der Waals surface area (Å²) in [6.45, 7) is 3.26. The summed E-state index contributed by atoms with van der Waals surface area (Å²) in [7, 11) is 1.71. The van der Waals surface area contributed by atoms with Gasteiger partial charge < -0.3 is 5.32 Å². The van der Waals surface area contributed by atoms with Gasteiger partial charge in [0, 0.05) is 32.5 Å². The average Bonchev–Trinajstić information content (AvgIpc) is 3.02. The maximum Gasteiger partial charge on any atom is 0.333 e. The fourth-order valence-electron chi connectivity index (χ4n) is 2.08. The molecule has 0 aromatic carbocycles. The molecule has 0 unspecified atom stereocenters. The lowest BCUT2D eigenvalue weighted by Gasteiger charge is -2.06. The Balaban J connectivity index is 1.98. The highest BCUT2D eigenvalue weighted by atomic mass is 16.6. The third kappa shape index (κ3) is 2.95. The highest BCUT2D eigenvalue weighted by molar-refractivity contribution is 5.59. The Bertz CT molecular complexity index is 575. The second-order valence-corrected chi connectivity index (χ2v) is 4.43. The van der Waals surface area contributed by atoms with E-state index in [1.54, 1.807) is 13.2 Å². The predicted molar refractivity (Wildman–Crippen MR) is 74.6 cm³/mol. The minimum Gasteiger partial charge on any atom is -0.364 e. The van der Waals surface area contributed by atoms with Gasteiger partial charge in [0.15, 0.2) is 0 Å². The van der Waals surface area contributed by atoms with Crippen LogP contribution in [-0.4, -0.2) is 31.0 Å². The lowest BCUT2D eigenvalue weighted by Crippen LogP contribution is -2.10. The van der Waals surface area contributed by atoms with Crippen molar-refractivity contribution in [3.05, 3.63) is 34.3 Å². The van der Waals surface area contributed by atoms with Crippen LogP contribution in [0.25, 0.3) is 0 Å². The minimum absolute atomic E-state index is 0.0779. The number of aryl methyl sites for hydroxylation is 3. The first-order chi connectivity index (χ1) is 9.63. The van der Waals surface area contributed by atoms with E-state index in [0.29, 0.717) is 24.5 Å². The molecule has 0 saturated heterocycles. The molecule has 0 aliphatic heterocycles.